The predicted octanol–water partition coefficient (Wildman–Crippen LogP) is 3.88. The Labute approximate surface area is 114 Å². The highest BCUT2D eigenvalue weighted by Crippen LogP contribution is 2.23. The second kappa shape index (κ2) is 7.30. The van der Waals surface area contributed by atoms with Crippen LogP contribution in [0.4, 0.5) is 0 Å². The first kappa shape index (κ1) is 14.0. The lowest BCUT2D eigenvalue weighted by atomic mass is 10.3. The van der Waals surface area contributed by atoms with Gasteiger partial charge in [0, 0.05) is 23.7 Å². The molecule has 0 unspecified atom stereocenters. The molecule has 0 N–H and O–H groups in total. The van der Waals surface area contributed by atoms with Gasteiger partial charge in [-0.1, -0.05) is 0 Å². The van der Waals surface area contributed by atoms with Crippen molar-refractivity contribution in [3.05, 3.63) is 20.8 Å². The number of carbonyl (C=O) groups excluding carboxylic acids is 1. The van der Waals surface area contributed by atoms with Crippen molar-refractivity contribution in [3.63, 3.8) is 0 Å². The maximum absolute atomic E-state index is 11.8. The largest absolute Gasteiger partial charge is 0.338 e. The molecular formula is C11H15BrClNOS. The van der Waals surface area contributed by atoms with Crippen LogP contribution in [0.5, 0.6) is 0 Å². The van der Waals surface area contributed by atoms with Gasteiger partial charge >= 0.3 is 0 Å². The van der Waals surface area contributed by atoms with Crippen molar-refractivity contribution < 1.29 is 4.79 Å². The zero-order valence-electron chi connectivity index (χ0n) is 9.21. The summed E-state index contributed by atoms with van der Waals surface area (Å²) < 4.78 is 1.10. The normalized spacial score (nSPS) is 10.4. The number of halogens is 2. The molecule has 2 nitrogen and oxygen atoms in total. The zero-order valence-corrected chi connectivity index (χ0v) is 12.4. The third-order valence-corrected chi connectivity index (χ3v) is 4.11. The second-order valence-corrected chi connectivity index (χ2v) is 6.33. The van der Waals surface area contributed by atoms with Crippen molar-refractivity contribution in [1.29, 1.82) is 0 Å². The van der Waals surface area contributed by atoms with Crippen LogP contribution in [0.2, 0.25) is 0 Å². The van der Waals surface area contributed by atoms with Crippen molar-refractivity contribution in [3.8, 4) is 0 Å². The van der Waals surface area contributed by atoms with Crippen LogP contribution in [0.3, 0.4) is 0 Å². The van der Waals surface area contributed by atoms with Crippen molar-refractivity contribution in [2.24, 2.45) is 0 Å². The van der Waals surface area contributed by atoms with E-state index in [0.29, 0.717) is 18.8 Å². The third kappa shape index (κ3) is 4.44. The fourth-order valence-corrected chi connectivity index (χ4v) is 3.01. The molecule has 0 aliphatic heterocycles. The maximum Gasteiger partial charge on any atom is 0.222 e. The van der Waals surface area contributed by atoms with Crippen molar-refractivity contribution in [1.82, 2.24) is 4.90 Å². The Hall–Kier alpha value is -0.0600. The smallest absolute Gasteiger partial charge is 0.222 e. The molecular weight excluding hydrogens is 310 g/mol. The molecule has 1 amide bonds. The van der Waals surface area contributed by atoms with E-state index < -0.39 is 0 Å². The highest BCUT2D eigenvalue weighted by Gasteiger charge is 2.12. The van der Waals surface area contributed by atoms with Gasteiger partial charge in [-0.15, -0.1) is 22.9 Å². The average Bonchev–Trinajstić information content (AvgIpc) is 2.68. The van der Waals surface area contributed by atoms with Gasteiger partial charge in [-0.3, -0.25) is 4.79 Å². The molecule has 0 radical (unpaired) electrons. The SMILES string of the molecule is CCN(Cc1ccc(Br)s1)C(=O)CCCCl. The fraction of sp³-hybridized carbons (Fsp3) is 0.545. The Balaban J connectivity index is 2.51. The number of carbonyl (C=O) groups is 1. The van der Waals surface area contributed by atoms with Crippen LogP contribution >= 0.6 is 38.9 Å². The molecule has 0 atom stereocenters. The molecule has 0 spiro atoms. The Morgan fingerprint density at radius 3 is 2.81 bits per heavy atom. The molecule has 1 rings (SSSR count). The van der Waals surface area contributed by atoms with Gasteiger partial charge in [0.1, 0.15) is 0 Å². The van der Waals surface area contributed by atoms with E-state index in [4.69, 9.17) is 11.6 Å². The van der Waals surface area contributed by atoms with Crippen molar-refractivity contribution in [2.45, 2.75) is 26.3 Å². The molecule has 0 saturated carbocycles. The van der Waals surface area contributed by atoms with Gasteiger partial charge in [0.05, 0.1) is 10.3 Å². The molecule has 0 saturated heterocycles. The molecule has 0 aromatic carbocycles. The topological polar surface area (TPSA) is 20.3 Å². The van der Waals surface area contributed by atoms with Gasteiger partial charge in [-0.05, 0) is 41.4 Å². The summed E-state index contributed by atoms with van der Waals surface area (Å²) in [5.41, 5.74) is 0. The number of hydrogen-bond acceptors (Lipinski definition) is 2. The Morgan fingerprint density at radius 1 is 1.56 bits per heavy atom. The van der Waals surface area contributed by atoms with Gasteiger partial charge in [0.25, 0.3) is 0 Å². The lowest BCUT2D eigenvalue weighted by molar-refractivity contribution is -0.131. The summed E-state index contributed by atoms with van der Waals surface area (Å²) in [7, 11) is 0. The second-order valence-electron chi connectivity index (χ2n) is 3.41. The van der Waals surface area contributed by atoms with Crippen LogP contribution in [0.1, 0.15) is 24.6 Å². The fourth-order valence-electron chi connectivity index (χ4n) is 1.38. The average molecular weight is 325 g/mol. The number of rotatable bonds is 6. The molecule has 1 aromatic rings. The van der Waals surface area contributed by atoms with Gasteiger partial charge in [0.2, 0.25) is 5.91 Å². The van der Waals surface area contributed by atoms with E-state index >= 15 is 0 Å². The van der Waals surface area contributed by atoms with Crippen LogP contribution in [0.25, 0.3) is 0 Å². The Bertz CT molecular complexity index is 342. The minimum Gasteiger partial charge on any atom is -0.338 e. The van der Waals surface area contributed by atoms with E-state index in [2.05, 4.69) is 15.9 Å². The molecule has 0 aliphatic carbocycles. The lowest BCUT2D eigenvalue weighted by Crippen LogP contribution is -2.29. The molecule has 0 fully saturated rings. The van der Waals surface area contributed by atoms with Crippen LogP contribution < -0.4 is 0 Å². The molecule has 5 heteroatoms. The number of amides is 1. The van der Waals surface area contributed by atoms with E-state index in [1.54, 1.807) is 11.3 Å². The van der Waals surface area contributed by atoms with Crippen molar-refractivity contribution in [2.75, 3.05) is 12.4 Å². The van der Waals surface area contributed by atoms with Gasteiger partial charge in [-0.25, -0.2) is 0 Å². The highest BCUT2D eigenvalue weighted by molar-refractivity contribution is 9.11. The van der Waals surface area contributed by atoms with E-state index in [1.807, 2.05) is 24.0 Å². The minimum atomic E-state index is 0.188. The van der Waals surface area contributed by atoms with E-state index in [0.717, 1.165) is 16.8 Å². The van der Waals surface area contributed by atoms with Crippen molar-refractivity contribution >= 4 is 44.8 Å². The summed E-state index contributed by atoms with van der Waals surface area (Å²) in [5.74, 6) is 0.737. The Kier molecular flexibility index (Phi) is 6.39. The number of thiophene rings is 1. The molecule has 1 heterocycles. The summed E-state index contributed by atoms with van der Waals surface area (Å²) in [5, 5.41) is 0. The van der Waals surface area contributed by atoms with Crippen LogP contribution in [-0.4, -0.2) is 23.2 Å². The first-order valence-electron chi connectivity index (χ1n) is 5.25. The van der Waals surface area contributed by atoms with E-state index in [-0.39, 0.29) is 5.91 Å². The molecule has 16 heavy (non-hydrogen) atoms. The Morgan fingerprint density at radius 2 is 2.31 bits per heavy atom. The van der Waals surface area contributed by atoms with Crippen LogP contribution in [-0.2, 0) is 11.3 Å². The summed E-state index contributed by atoms with van der Waals surface area (Å²) in [4.78, 5) is 14.9. The van der Waals surface area contributed by atoms with Gasteiger partial charge in [-0.2, -0.15) is 0 Å². The first-order valence-corrected chi connectivity index (χ1v) is 7.39. The van der Waals surface area contributed by atoms with Gasteiger partial charge in [0.15, 0.2) is 0 Å². The predicted molar refractivity (Wildman–Crippen MR) is 73.1 cm³/mol. The van der Waals surface area contributed by atoms with Crippen LogP contribution in [0.15, 0.2) is 15.9 Å². The highest BCUT2D eigenvalue weighted by atomic mass is 79.9. The standard InChI is InChI=1S/C11H15BrClNOS/c1-2-14(11(15)4-3-7-13)8-9-5-6-10(12)16-9/h5-6H,2-4,7-8H2,1H3. The first-order chi connectivity index (χ1) is 7.67. The van der Waals surface area contributed by atoms with Crippen LogP contribution in [0, 0.1) is 0 Å². The summed E-state index contributed by atoms with van der Waals surface area (Å²) in [6.45, 7) is 3.45. The molecule has 0 aliphatic rings. The summed E-state index contributed by atoms with van der Waals surface area (Å²) in [6, 6.07) is 4.06. The zero-order chi connectivity index (χ0) is 12.0. The van der Waals surface area contributed by atoms with E-state index in [9.17, 15) is 4.79 Å². The lowest BCUT2D eigenvalue weighted by Gasteiger charge is -2.19. The quantitative estimate of drug-likeness (QED) is 0.727. The summed E-state index contributed by atoms with van der Waals surface area (Å²) >= 11 is 10.7. The number of alkyl halides is 1. The minimum absolute atomic E-state index is 0.188. The number of nitrogens with zero attached hydrogens (tertiary/aromatic N) is 1. The third-order valence-electron chi connectivity index (χ3n) is 2.23. The molecule has 0 bridgehead atoms. The monoisotopic (exact) mass is 323 g/mol. The number of hydrogen-bond donors (Lipinski definition) is 0. The molecule has 1 aromatic heterocycles. The van der Waals surface area contributed by atoms with E-state index in [1.165, 1.54) is 4.88 Å². The maximum atomic E-state index is 11.8. The van der Waals surface area contributed by atoms with Gasteiger partial charge < -0.3 is 4.90 Å². The molecule has 90 valence electrons. The summed E-state index contributed by atoms with van der Waals surface area (Å²) in [6.07, 6.45) is 1.30.